The molecular formula is C10H16FNO4. The van der Waals surface area contributed by atoms with Gasteiger partial charge < -0.3 is 9.47 Å². The lowest BCUT2D eigenvalue weighted by Crippen LogP contribution is -2.24. The van der Waals surface area contributed by atoms with Crippen LogP contribution in [0.4, 0.5) is 4.48 Å². The smallest absolute Gasteiger partial charge is 0.328 e. The largest absolute Gasteiger partial charge is 0.462 e. The molecule has 6 heteroatoms. The molecule has 2 atom stereocenters. The zero-order valence-electron chi connectivity index (χ0n) is 9.77. The van der Waals surface area contributed by atoms with Crippen LogP contribution in [0.3, 0.4) is 0 Å². The Balaban J connectivity index is 2.48. The second-order valence-corrected chi connectivity index (χ2v) is 4.21. The van der Waals surface area contributed by atoms with Gasteiger partial charge >= 0.3 is 11.9 Å². The van der Waals surface area contributed by atoms with E-state index in [1.54, 1.807) is 27.7 Å². The molecular weight excluding hydrogens is 217 g/mol. The lowest BCUT2D eigenvalue weighted by molar-refractivity contribution is -0.151. The topological polar surface area (TPSA) is 55.6 Å². The molecule has 0 amide bonds. The Kier molecular flexibility index (Phi) is 3.85. The minimum absolute atomic E-state index is 0.148. The van der Waals surface area contributed by atoms with E-state index in [-0.39, 0.29) is 17.3 Å². The molecule has 0 aliphatic carbocycles. The standard InChI is InChI=1S/C10H16FNO4/c1-5(2)15-9(13)7-8(12(7)11)10(14)16-6(3)4/h5-8H,1-4H3/t7-,8-/m0/s1. The first-order chi connectivity index (χ1) is 7.34. The van der Waals surface area contributed by atoms with Crippen LogP contribution in [0.1, 0.15) is 27.7 Å². The summed E-state index contributed by atoms with van der Waals surface area (Å²) in [6, 6.07) is -2.29. The van der Waals surface area contributed by atoms with E-state index in [2.05, 4.69) is 0 Å². The van der Waals surface area contributed by atoms with Gasteiger partial charge in [-0.25, -0.2) is 0 Å². The number of carbonyl (C=O) groups excluding carboxylic acids is 2. The van der Waals surface area contributed by atoms with Crippen LogP contribution in [0.5, 0.6) is 0 Å². The summed E-state index contributed by atoms with van der Waals surface area (Å²) in [5.41, 5.74) is 0. The molecule has 0 radical (unpaired) electrons. The number of ether oxygens (including phenoxy) is 2. The van der Waals surface area contributed by atoms with Crippen LogP contribution in [0.25, 0.3) is 0 Å². The van der Waals surface area contributed by atoms with Gasteiger partial charge in [0.25, 0.3) is 0 Å². The van der Waals surface area contributed by atoms with E-state index in [1.165, 1.54) is 0 Å². The van der Waals surface area contributed by atoms with Crippen molar-refractivity contribution in [2.45, 2.75) is 52.0 Å². The Bertz CT molecular complexity index is 265. The average Bonchev–Trinajstić information content (AvgIpc) is 2.74. The molecule has 0 spiro atoms. The van der Waals surface area contributed by atoms with Crippen LogP contribution < -0.4 is 0 Å². The number of esters is 2. The first-order valence-electron chi connectivity index (χ1n) is 5.19. The number of halogens is 1. The Morgan fingerprint density at radius 2 is 1.31 bits per heavy atom. The van der Waals surface area contributed by atoms with Crippen LogP contribution in [0.15, 0.2) is 0 Å². The number of carbonyl (C=O) groups is 2. The summed E-state index contributed by atoms with van der Waals surface area (Å²) in [7, 11) is 0. The molecule has 0 saturated carbocycles. The van der Waals surface area contributed by atoms with Crippen molar-refractivity contribution in [2.24, 2.45) is 0 Å². The highest BCUT2D eigenvalue weighted by Crippen LogP contribution is 2.31. The Morgan fingerprint density at radius 1 is 1.00 bits per heavy atom. The highest BCUT2D eigenvalue weighted by molar-refractivity contribution is 5.92. The van der Waals surface area contributed by atoms with Crippen LogP contribution in [-0.2, 0) is 19.1 Å². The second-order valence-electron chi connectivity index (χ2n) is 4.21. The Hall–Kier alpha value is -1.17. The van der Waals surface area contributed by atoms with Gasteiger partial charge in [0.15, 0.2) is 12.1 Å². The molecule has 1 heterocycles. The molecule has 16 heavy (non-hydrogen) atoms. The SMILES string of the molecule is CC(C)OC(=O)[C@@H]1[C@@H](C(=O)OC(C)C)N1F. The minimum atomic E-state index is -1.14. The van der Waals surface area contributed by atoms with E-state index >= 15 is 0 Å². The van der Waals surface area contributed by atoms with E-state index < -0.39 is 24.0 Å². The summed E-state index contributed by atoms with van der Waals surface area (Å²) in [5.74, 6) is -1.47. The predicted molar refractivity (Wildman–Crippen MR) is 53.0 cm³/mol. The van der Waals surface area contributed by atoms with E-state index in [1.807, 2.05) is 0 Å². The van der Waals surface area contributed by atoms with Gasteiger partial charge in [-0.2, -0.15) is 0 Å². The number of hydrogen-bond acceptors (Lipinski definition) is 5. The lowest BCUT2D eigenvalue weighted by Gasteiger charge is -2.07. The van der Waals surface area contributed by atoms with Crippen molar-refractivity contribution in [3.63, 3.8) is 0 Å². The van der Waals surface area contributed by atoms with Crippen LogP contribution in [0, 0.1) is 0 Å². The number of rotatable bonds is 4. The van der Waals surface area contributed by atoms with Crippen molar-refractivity contribution in [3.05, 3.63) is 0 Å². The fraction of sp³-hybridized carbons (Fsp3) is 0.800. The molecule has 1 aliphatic rings. The van der Waals surface area contributed by atoms with Crippen molar-refractivity contribution in [1.29, 1.82) is 0 Å². The normalized spacial score (nSPS) is 28.1. The average molecular weight is 233 g/mol. The summed E-state index contributed by atoms with van der Waals surface area (Å²) in [6.45, 7) is 6.63. The zero-order chi connectivity index (χ0) is 12.5. The van der Waals surface area contributed by atoms with E-state index in [4.69, 9.17) is 9.47 Å². The third-order valence-corrected chi connectivity index (χ3v) is 1.93. The predicted octanol–water partition coefficient (Wildman–Crippen LogP) is 0.827. The molecule has 0 N–H and O–H groups in total. The van der Waals surface area contributed by atoms with Gasteiger partial charge in [-0.3, -0.25) is 9.59 Å². The maximum atomic E-state index is 13.1. The quantitative estimate of drug-likeness (QED) is 0.409. The van der Waals surface area contributed by atoms with Crippen LogP contribution in [-0.4, -0.2) is 41.4 Å². The van der Waals surface area contributed by atoms with E-state index in [0.29, 0.717) is 0 Å². The summed E-state index contributed by atoms with van der Waals surface area (Å²) >= 11 is 0. The van der Waals surface area contributed by atoms with Crippen molar-refractivity contribution in [1.82, 2.24) is 5.12 Å². The molecule has 0 aromatic rings. The Labute approximate surface area is 93.4 Å². The molecule has 0 aromatic heterocycles. The van der Waals surface area contributed by atoms with E-state index in [0.717, 1.165) is 0 Å². The molecule has 0 unspecified atom stereocenters. The highest BCUT2D eigenvalue weighted by Gasteiger charge is 2.61. The molecule has 0 aromatic carbocycles. The summed E-state index contributed by atoms with van der Waals surface area (Å²) < 4.78 is 22.7. The third kappa shape index (κ3) is 2.91. The molecule has 0 bridgehead atoms. The molecule has 92 valence electrons. The van der Waals surface area contributed by atoms with E-state index in [9.17, 15) is 14.1 Å². The van der Waals surface area contributed by atoms with Crippen molar-refractivity contribution >= 4 is 11.9 Å². The minimum Gasteiger partial charge on any atom is -0.462 e. The van der Waals surface area contributed by atoms with Crippen LogP contribution in [0.2, 0.25) is 0 Å². The summed E-state index contributed by atoms with van der Waals surface area (Å²) in [6.07, 6.45) is -0.661. The second kappa shape index (κ2) is 4.78. The third-order valence-electron chi connectivity index (χ3n) is 1.93. The molecule has 1 aliphatic heterocycles. The van der Waals surface area contributed by atoms with Crippen molar-refractivity contribution in [3.8, 4) is 0 Å². The number of nitrogens with zero attached hydrogens (tertiary/aromatic N) is 1. The molecule has 1 fully saturated rings. The van der Waals surface area contributed by atoms with Gasteiger partial charge in [-0.05, 0) is 27.7 Å². The van der Waals surface area contributed by atoms with Crippen molar-refractivity contribution in [2.75, 3.05) is 0 Å². The maximum absolute atomic E-state index is 13.1. The summed E-state index contributed by atoms with van der Waals surface area (Å²) in [5, 5.41) is 0.148. The zero-order valence-corrected chi connectivity index (χ0v) is 9.77. The van der Waals surface area contributed by atoms with Gasteiger partial charge in [0.05, 0.1) is 12.2 Å². The fourth-order valence-electron chi connectivity index (χ4n) is 1.27. The first kappa shape index (κ1) is 12.9. The first-order valence-corrected chi connectivity index (χ1v) is 5.19. The summed E-state index contributed by atoms with van der Waals surface area (Å²) in [4.78, 5) is 22.6. The molecule has 1 saturated heterocycles. The molecule has 5 nitrogen and oxygen atoms in total. The van der Waals surface area contributed by atoms with Crippen molar-refractivity contribution < 1.29 is 23.5 Å². The Morgan fingerprint density at radius 3 is 1.56 bits per heavy atom. The lowest BCUT2D eigenvalue weighted by atomic mass is 10.3. The van der Waals surface area contributed by atoms with Gasteiger partial charge in [0, 0.05) is 0 Å². The van der Waals surface area contributed by atoms with Gasteiger partial charge in [-0.15, -0.1) is 9.60 Å². The molecule has 1 rings (SSSR count). The van der Waals surface area contributed by atoms with Gasteiger partial charge in [0.2, 0.25) is 0 Å². The monoisotopic (exact) mass is 233 g/mol. The fourth-order valence-corrected chi connectivity index (χ4v) is 1.27. The van der Waals surface area contributed by atoms with Gasteiger partial charge in [0.1, 0.15) is 0 Å². The maximum Gasteiger partial charge on any atom is 0.328 e. The van der Waals surface area contributed by atoms with Crippen LogP contribution >= 0.6 is 0 Å². The van der Waals surface area contributed by atoms with Gasteiger partial charge in [-0.1, -0.05) is 0 Å². The number of hydrogen-bond donors (Lipinski definition) is 0. The highest BCUT2D eigenvalue weighted by atomic mass is 19.2.